The van der Waals surface area contributed by atoms with E-state index < -0.39 is 5.91 Å². The molecule has 0 radical (unpaired) electrons. The summed E-state index contributed by atoms with van der Waals surface area (Å²) in [4.78, 5) is 27.5. The van der Waals surface area contributed by atoms with Gasteiger partial charge in [0.1, 0.15) is 0 Å². The molecule has 0 unspecified atom stereocenters. The molecule has 0 aliphatic carbocycles. The van der Waals surface area contributed by atoms with Crippen molar-refractivity contribution < 1.29 is 19.1 Å². The lowest BCUT2D eigenvalue weighted by Gasteiger charge is -2.09. The van der Waals surface area contributed by atoms with Crippen LogP contribution in [0.4, 0.5) is 0 Å². The molecule has 0 bridgehead atoms. The molecule has 0 spiro atoms. The molecule has 0 aliphatic heterocycles. The third-order valence-electron chi connectivity index (χ3n) is 3.48. The van der Waals surface area contributed by atoms with Gasteiger partial charge in [-0.05, 0) is 37.3 Å². The Morgan fingerprint density at radius 1 is 1.12 bits per heavy atom. The Balaban J connectivity index is 1.92. The molecule has 26 heavy (non-hydrogen) atoms. The highest BCUT2D eigenvalue weighted by Crippen LogP contribution is 2.27. The number of hydrazone groups is 1. The summed E-state index contributed by atoms with van der Waals surface area (Å²) in [5.41, 5.74) is 4.13. The fourth-order valence-corrected chi connectivity index (χ4v) is 2.07. The van der Waals surface area contributed by atoms with E-state index >= 15 is 0 Å². The van der Waals surface area contributed by atoms with Crippen molar-refractivity contribution in [3.05, 3.63) is 53.9 Å². The monoisotopic (exact) mass is 356 g/mol. The molecule has 0 saturated heterocycles. The van der Waals surface area contributed by atoms with Gasteiger partial charge < -0.3 is 14.8 Å². The highest BCUT2D eigenvalue weighted by molar-refractivity contribution is 6.00. The molecule has 8 heteroatoms. The van der Waals surface area contributed by atoms with E-state index in [2.05, 4.69) is 20.8 Å². The molecule has 1 heterocycles. The number of carbonyl (C=O) groups excluding carboxylic acids is 2. The number of amides is 2. The van der Waals surface area contributed by atoms with E-state index in [4.69, 9.17) is 9.47 Å². The number of hydrogen-bond acceptors (Lipinski definition) is 6. The molecular weight excluding hydrogens is 336 g/mol. The molecule has 2 aromatic rings. The second kappa shape index (κ2) is 9.16. The van der Waals surface area contributed by atoms with E-state index in [0.717, 1.165) is 5.56 Å². The summed E-state index contributed by atoms with van der Waals surface area (Å²) in [7, 11) is 3.10. The van der Waals surface area contributed by atoms with E-state index in [-0.39, 0.29) is 12.5 Å². The van der Waals surface area contributed by atoms with Crippen molar-refractivity contribution in [3.63, 3.8) is 0 Å². The third-order valence-corrected chi connectivity index (χ3v) is 3.48. The maximum Gasteiger partial charge on any atom is 0.259 e. The molecule has 136 valence electrons. The van der Waals surface area contributed by atoms with Crippen LogP contribution in [0.25, 0.3) is 0 Å². The maximum absolute atomic E-state index is 11.8. The number of benzene rings is 1. The van der Waals surface area contributed by atoms with Crippen molar-refractivity contribution in [2.24, 2.45) is 5.10 Å². The minimum absolute atomic E-state index is 0.198. The lowest BCUT2D eigenvalue weighted by molar-refractivity contribution is -0.120. The van der Waals surface area contributed by atoms with Crippen LogP contribution in [0.2, 0.25) is 0 Å². The first-order valence-corrected chi connectivity index (χ1v) is 7.79. The normalized spacial score (nSPS) is 10.8. The van der Waals surface area contributed by atoms with Gasteiger partial charge in [0.05, 0.1) is 32.0 Å². The summed E-state index contributed by atoms with van der Waals surface area (Å²) >= 11 is 0. The fraction of sp³-hybridized carbons (Fsp3) is 0.222. The number of nitrogens with zero attached hydrogens (tertiary/aromatic N) is 2. The first-order chi connectivity index (χ1) is 12.5. The van der Waals surface area contributed by atoms with E-state index in [0.29, 0.717) is 22.8 Å². The van der Waals surface area contributed by atoms with Crippen LogP contribution in [-0.4, -0.2) is 43.3 Å². The SMILES string of the molecule is COc1ccc(/C(C)=N\NC(=O)CNC(=O)c2cccnc2)cc1OC. The summed E-state index contributed by atoms with van der Waals surface area (Å²) < 4.78 is 10.4. The number of carbonyl (C=O) groups is 2. The average Bonchev–Trinajstić information content (AvgIpc) is 2.70. The van der Waals surface area contributed by atoms with Gasteiger partial charge in [-0.3, -0.25) is 14.6 Å². The van der Waals surface area contributed by atoms with Crippen LogP contribution >= 0.6 is 0 Å². The largest absolute Gasteiger partial charge is 0.493 e. The Kier molecular flexibility index (Phi) is 6.67. The fourth-order valence-electron chi connectivity index (χ4n) is 2.07. The standard InChI is InChI=1S/C18H20N4O4/c1-12(13-6-7-15(25-2)16(9-13)26-3)21-22-17(23)11-20-18(24)14-5-4-8-19-10-14/h4-10H,11H2,1-3H3,(H,20,24)(H,22,23)/b21-12-. The Morgan fingerprint density at radius 3 is 2.54 bits per heavy atom. The van der Waals surface area contributed by atoms with Crippen LogP contribution < -0.4 is 20.2 Å². The van der Waals surface area contributed by atoms with Crippen molar-refractivity contribution >= 4 is 17.5 Å². The molecule has 0 aliphatic rings. The molecule has 0 atom stereocenters. The molecule has 2 N–H and O–H groups in total. The quantitative estimate of drug-likeness (QED) is 0.576. The summed E-state index contributed by atoms with van der Waals surface area (Å²) in [5.74, 6) is 0.344. The lowest BCUT2D eigenvalue weighted by atomic mass is 10.1. The minimum atomic E-state index is -0.443. The number of ether oxygens (including phenoxy) is 2. The van der Waals surface area contributed by atoms with Crippen molar-refractivity contribution in [1.29, 1.82) is 0 Å². The predicted molar refractivity (Wildman–Crippen MR) is 96.5 cm³/mol. The first kappa shape index (κ1) is 18.9. The van der Waals surface area contributed by atoms with E-state index in [1.807, 2.05) is 0 Å². The number of rotatable bonds is 7. The Labute approximate surface area is 151 Å². The molecule has 1 aromatic carbocycles. The Hall–Kier alpha value is -3.42. The predicted octanol–water partition coefficient (Wildman–Crippen LogP) is 1.37. The topological polar surface area (TPSA) is 102 Å². The van der Waals surface area contributed by atoms with Gasteiger partial charge in [-0.15, -0.1) is 0 Å². The minimum Gasteiger partial charge on any atom is -0.493 e. The van der Waals surface area contributed by atoms with Gasteiger partial charge >= 0.3 is 0 Å². The molecule has 2 rings (SSSR count). The van der Waals surface area contributed by atoms with Crippen LogP contribution in [-0.2, 0) is 4.79 Å². The van der Waals surface area contributed by atoms with Crippen LogP contribution in [0, 0.1) is 0 Å². The summed E-state index contributed by atoms with van der Waals surface area (Å²) in [6, 6.07) is 8.57. The Morgan fingerprint density at radius 2 is 1.88 bits per heavy atom. The number of hydrogen-bond donors (Lipinski definition) is 2. The van der Waals surface area contributed by atoms with Gasteiger partial charge in [-0.1, -0.05) is 0 Å². The van der Waals surface area contributed by atoms with E-state index in [1.165, 1.54) is 6.20 Å². The van der Waals surface area contributed by atoms with Crippen molar-refractivity contribution in [3.8, 4) is 11.5 Å². The summed E-state index contributed by atoms with van der Waals surface area (Å²) in [6.07, 6.45) is 2.99. The highest BCUT2D eigenvalue weighted by atomic mass is 16.5. The zero-order valence-corrected chi connectivity index (χ0v) is 14.8. The van der Waals surface area contributed by atoms with Gasteiger partial charge in [-0.2, -0.15) is 5.10 Å². The number of methoxy groups -OCH3 is 2. The van der Waals surface area contributed by atoms with Crippen molar-refractivity contribution in [1.82, 2.24) is 15.7 Å². The van der Waals surface area contributed by atoms with Crippen LogP contribution in [0.15, 0.2) is 47.8 Å². The second-order valence-electron chi connectivity index (χ2n) is 5.23. The molecule has 0 saturated carbocycles. The zero-order valence-electron chi connectivity index (χ0n) is 14.8. The zero-order chi connectivity index (χ0) is 18.9. The van der Waals surface area contributed by atoms with Gasteiger partial charge in [0.25, 0.3) is 11.8 Å². The van der Waals surface area contributed by atoms with Crippen LogP contribution in [0.1, 0.15) is 22.8 Å². The maximum atomic E-state index is 11.8. The van der Waals surface area contributed by atoms with Crippen molar-refractivity contribution in [2.75, 3.05) is 20.8 Å². The van der Waals surface area contributed by atoms with E-state index in [1.54, 1.807) is 57.7 Å². The molecular formula is C18H20N4O4. The van der Waals surface area contributed by atoms with Gasteiger partial charge in [0, 0.05) is 18.0 Å². The van der Waals surface area contributed by atoms with E-state index in [9.17, 15) is 9.59 Å². The molecule has 0 fully saturated rings. The second-order valence-corrected chi connectivity index (χ2v) is 5.23. The average molecular weight is 356 g/mol. The van der Waals surface area contributed by atoms with Crippen LogP contribution in [0.5, 0.6) is 11.5 Å². The Bertz CT molecular complexity index is 806. The number of nitrogens with one attached hydrogen (secondary N) is 2. The third kappa shape index (κ3) is 5.04. The number of aromatic nitrogens is 1. The summed E-state index contributed by atoms with van der Waals surface area (Å²) in [6.45, 7) is 1.55. The lowest BCUT2D eigenvalue weighted by Crippen LogP contribution is -2.35. The summed E-state index contributed by atoms with van der Waals surface area (Å²) in [5, 5.41) is 6.53. The molecule has 1 aromatic heterocycles. The van der Waals surface area contributed by atoms with Gasteiger partial charge in [0.2, 0.25) is 0 Å². The smallest absolute Gasteiger partial charge is 0.259 e. The first-order valence-electron chi connectivity index (χ1n) is 7.79. The van der Waals surface area contributed by atoms with Gasteiger partial charge in [0.15, 0.2) is 11.5 Å². The molecule has 2 amide bonds. The molecule has 8 nitrogen and oxygen atoms in total. The van der Waals surface area contributed by atoms with Gasteiger partial charge in [-0.25, -0.2) is 5.43 Å². The highest BCUT2D eigenvalue weighted by Gasteiger charge is 2.09. The van der Waals surface area contributed by atoms with Crippen LogP contribution in [0.3, 0.4) is 0 Å². The van der Waals surface area contributed by atoms with Crippen molar-refractivity contribution in [2.45, 2.75) is 6.92 Å². The number of pyridine rings is 1.